The van der Waals surface area contributed by atoms with Gasteiger partial charge in [0.25, 0.3) is 5.56 Å². The molecule has 0 spiro atoms. The van der Waals surface area contributed by atoms with Crippen LogP contribution in [0.5, 0.6) is 0 Å². The third-order valence-electron chi connectivity index (χ3n) is 3.85. The third kappa shape index (κ3) is 3.74. The lowest BCUT2D eigenvalue weighted by atomic mass is 10.1. The summed E-state index contributed by atoms with van der Waals surface area (Å²) in [6.07, 6.45) is -0.114. The maximum absolute atomic E-state index is 12.3. The molecule has 0 saturated carbocycles. The van der Waals surface area contributed by atoms with Crippen LogP contribution in [0.25, 0.3) is 10.8 Å². The summed E-state index contributed by atoms with van der Waals surface area (Å²) >= 11 is 0. The molecule has 0 radical (unpaired) electrons. The highest BCUT2D eigenvalue weighted by Crippen LogP contribution is 2.14. The zero-order chi connectivity index (χ0) is 17.8. The smallest absolute Gasteiger partial charge is 0.330 e. The van der Waals surface area contributed by atoms with E-state index < -0.39 is 17.9 Å². The van der Waals surface area contributed by atoms with Gasteiger partial charge in [-0.1, -0.05) is 48.5 Å². The van der Waals surface area contributed by atoms with E-state index in [9.17, 15) is 19.5 Å². The van der Waals surface area contributed by atoms with Crippen molar-refractivity contribution in [2.24, 2.45) is 0 Å². The number of aromatic amines is 1. The van der Waals surface area contributed by atoms with E-state index in [1.807, 2.05) is 6.07 Å². The van der Waals surface area contributed by atoms with Crippen LogP contribution < -0.4 is 10.9 Å². The molecule has 1 heterocycles. The second kappa shape index (κ2) is 7.00. The number of benzene rings is 2. The van der Waals surface area contributed by atoms with E-state index in [4.69, 9.17) is 0 Å². The zero-order valence-corrected chi connectivity index (χ0v) is 13.2. The monoisotopic (exact) mass is 336 g/mol. The lowest BCUT2D eigenvalue weighted by Crippen LogP contribution is -2.35. The van der Waals surface area contributed by atoms with E-state index >= 15 is 0 Å². The van der Waals surface area contributed by atoms with Crippen LogP contribution in [0.2, 0.25) is 0 Å². The van der Waals surface area contributed by atoms with Crippen LogP contribution in [0.3, 0.4) is 0 Å². The highest BCUT2D eigenvalue weighted by Gasteiger charge is 2.22. The summed E-state index contributed by atoms with van der Waals surface area (Å²) in [5.74, 6) is -1.63. The predicted octanol–water partition coefficient (Wildman–Crippen LogP) is 2.01. The molecule has 1 unspecified atom stereocenters. The average molecular weight is 336 g/mol. The lowest BCUT2D eigenvalue weighted by molar-refractivity contribution is -0.142. The van der Waals surface area contributed by atoms with Gasteiger partial charge < -0.3 is 15.4 Å². The number of aliphatic carboxylic acids is 1. The average Bonchev–Trinajstić information content (AvgIpc) is 2.60. The summed E-state index contributed by atoms with van der Waals surface area (Å²) in [4.78, 5) is 38.4. The Morgan fingerprint density at radius 3 is 2.44 bits per heavy atom. The maximum Gasteiger partial charge on any atom is 0.330 e. The fourth-order valence-corrected chi connectivity index (χ4v) is 2.68. The number of rotatable bonds is 5. The van der Waals surface area contributed by atoms with Gasteiger partial charge in [-0.2, -0.15) is 0 Å². The van der Waals surface area contributed by atoms with Crippen molar-refractivity contribution in [1.82, 2.24) is 10.3 Å². The Labute approximate surface area is 143 Å². The molecule has 3 rings (SSSR count). The molecule has 0 aliphatic heterocycles. The van der Waals surface area contributed by atoms with Gasteiger partial charge in [-0.15, -0.1) is 0 Å². The highest BCUT2D eigenvalue weighted by molar-refractivity contribution is 5.87. The molecule has 0 fully saturated rings. The van der Waals surface area contributed by atoms with Crippen molar-refractivity contribution < 1.29 is 14.7 Å². The summed E-state index contributed by atoms with van der Waals surface area (Å²) < 4.78 is 0. The number of hydrogen-bond donors (Lipinski definition) is 3. The van der Waals surface area contributed by atoms with Crippen molar-refractivity contribution in [2.75, 3.05) is 0 Å². The second-order valence-electron chi connectivity index (χ2n) is 5.64. The Bertz CT molecular complexity index is 979. The first-order chi connectivity index (χ1) is 12.0. The van der Waals surface area contributed by atoms with Gasteiger partial charge in [0.05, 0.1) is 6.42 Å². The van der Waals surface area contributed by atoms with Gasteiger partial charge in [-0.3, -0.25) is 9.59 Å². The van der Waals surface area contributed by atoms with Gasteiger partial charge in [0, 0.05) is 11.1 Å². The third-order valence-corrected chi connectivity index (χ3v) is 3.85. The van der Waals surface area contributed by atoms with Crippen LogP contribution in [0, 0.1) is 0 Å². The number of H-pyrrole nitrogens is 1. The first kappa shape index (κ1) is 16.4. The van der Waals surface area contributed by atoms with E-state index in [2.05, 4.69) is 10.3 Å². The molecule has 6 heteroatoms. The van der Waals surface area contributed by atoms with Crippen molar-refractivity contribution in [1.29, 1.82) is 0 Å². The molecular formula is C19H16N2O4. The fraction of sp³-hybridized carbons (Fsp3) is 0.105. The topological polar surface area (TPSA) is 99.3 Å². The van der Waals surface area contributed by atoms with Crippen LogP contribution >= 0.6 is 0 Å². The molecule has 1 atom stereocenters. The second-order valence-corrected chi connectivity index (χ2v) is 5.64. The van der Waals surface area contributed by atoms with Gasteiger partial charge in [-0.05, 0) is 23.1 Å². The van der Waals surface area contributed by atoms with Crippen molar-refractivity contribution in [2.45, 2.75) is 12.5 Å². The number of carbonyl (C=O) groups excluding carboxylic acids is 1. The fourth-order valence-electron chi connectivity index (χ4n) is 2.68. The Morgan fingerprint density at radius 1 is 1.04 bits per heavy atom. The van der Waals surface area contributed by atoms with Gasteiger partial charge in [0.15, 0.2) is 6.04 Å². The molecule has 1 amide bonds. The quantitative estimate of drug-likeness (QED) is 0.663. The molecule has 3 aromatic rings. The van der Waals surface area contributed by atoms with Crippen LogP contribution in [0.1, 0.15) is 17.3 Å². The first-order valence-electron chi connectivity index (χ1n) is 7.72. The summed E-state index contributed by atoms with van der Waals surface area (Å²) in [6, 6.07) is 16.1. The van der Waals surface area contributed by atoms with E-state index in [0.717, 1.165) is 5.39 Å². The normalized spacial score (nSPS) is 11.8. The number of nitrogens with one attached hydrogen (secondary N) is 2. The van der Waals surface area contributed by atoms with Crippen molar-refractivity contribution >= 4 is 22.6 Å². The molecule has 25 heavy (non-hydrogen) atoms. The molecule has 0 bridgehead atoms. The van der Waals surface area contributed by atoms with E-state index in [-0.39, 0.29) is 12.0 Å². The minimum Gasteiger partial charge on any atom is -0.479 e. The van der Waals surface area contributed by atoms with Gasteiger partial charge in [0.2, 0.25) is 5.91 Å². The first-order valence-corrected chi connectivity index (χ1v) is 7.72. The van der Waals surface area contributed by atoms with E-state index in [0.29, 0.717) is 16.6 Å². The Hall–Kier alpha value is -3.41. The molecule has 0 aliphatic rings. The van der Waals surface area contributed by atoms with Crippen LogP contribution in [-0.4, -0.2) is 22.0 Å². The molecule has 2 aromatic carbocycles. The standard InChI is InChI=1S/C19H16N2O4/c22-16(21-17(19(24)25)12-6-2-1-3-7-12)11-14-10-13-8-4-5-9-15(13)18(23)20-14/h1-10,17H,11H2,(H,20,23)(H,21,22)(H,24,25). The van der Waals surface area contributed by atoms with Gasteiger partial charge in [-0.25, -0.2) is 4.79 Å². The molecule has 1 aromatic heterocycles. The number of carboxylic acids is 1. The van der Waals surface area contributed by atoms with Crippen LogP contribution in [-0.2, 0) is 16.0 Å². The number of pyridine rings is 1. The Balaban J connectivity index is 1.80. The number of amides is 1. The highest BCUT2D eigenvalue weighted by atomic mass is 16.4. The number of aromatic nitrogens is 1. The predicted molar refractivity (Wildman–Crippen MR) is 93.2 cm³/mol. The van der Waals surface area contributed by atoms with Crippen molar-refractivity contribution in [3.63, 3.8) is 0 Å². The summed E-state index contributed by atoms with van der Waals surface area (Å²) in [5, 5.41) is 13.1. The van der Waals surface area contributed by atoms with Gasteiger partial charge >= 0.3 is 5.97 Å². The van der Waals surface area contributed by atoms with Crippen molar-refractivity contribution in [3.8, 4) is 0 Å². The largest absolute Gasteiger partial charge is 0.479 e. The number of fused-ring (bicyclic) bond motifs is 1. The van der Waals surface area contributed by atoms with Gasteiger partial charge in [0.1, 0.15) is 0 Å². The van der Waals surface area contributed by atoms with E-state index in [1.165, 1.54) is 0 Å². The van der Waals surface area contributed by atoms with Crippen LogP contribution in [0.4, 0.5) is 0 Å². The number of hydrogen-bond acceptors (Lipinski definition) is 3. The van der Waals surface area contributed by atoms with Crippen LogP contribution in [0.15, 0.2) is 65.5 Å². The van der Waals surface area contributed by atoms with Crippen molar-refractivity contribution in [3.05, 3.63) is 82.3 Å². The molecule has 126 valence electrons. The molecule has 0 saturated heterocycles. The van der Waals surface area contributed by atoms with E-state index in [1.54, 1.807) is 54.6 Å². The molecular weight excluding hydrogens is 320 g/mol. The number of carboxylic acid groups (broad SMARTS) is 1. The number of carbonyl (C=O) groups is 2. The Morgan fingerprint density at radius 2 is 1.72 bits per heavy atom. The Kier molecular flexibility index (Phi) is 4.61. The maximum atomic E-state index is 12.3. The summed E-state index contributed by atoms with van der Waals surface area (Å²) in [5.41, 5.74) is 0.632. The molecule has 3 N–H and O–H groups in total. The summed E-state index contributed by atoms with van der Waals surface area (Å²) in [6.45, 7) is 0. The SMILES string of the molecule is O=C(Cc1cc2ccccc2c(=O)[nH]1)NC(C(=O)O)c1ccccc1. The lowest BCUT2D eigenvalue weighted by Gasteiger charge is -2.15. The molecule has 6 nitrogen and oxygen atoms in total. The molecule has 0 aliphatic carbocycles. The minimum absolute atomic E-state index is 0.114. The minimum atomic E-state index is -1.15. The summed E-state index contributed by atoms with van der Waals surface area (Å²) in [7, 11) is 0. The zero-order valence-electron chi connectivity index (χ0n) is 13.2.